The van der Waals surface area contributed by atoms with Crippen LogP contribution in [0.1, 0.15) is 11.6 Å². The van der Waals surface area contributed by atoms with Gasteiger partial charge in [-0.1, -0.05) is 35.5 Å². The minimum Gasteiger partial charge on any atom is -0.411 e. The molecule has 0 radical (unpaired) electrons. The zero-order chi connectivity index (χ0) is 21.0. The van der Waals surface area contributed by atoms with Crippen molar-refractivity contribution in [3.05, 3.63) is 64.9 Å². The van der Waals surface area contributed by atoms with Gasteiger partial charge >= 0.3 is 0 Å². The predicted octanol–water partition coefficient (Wildman–Crippen LogP) is 3.31. The summed E-state index contributed by atoms with van der Waals surface area (Å²) < 4.78 is 19.0. The van der Waals surface area contributed by atoms with Crippen molar-refractivity contribution >= 4 is 35.2 Å². The zero-order valence-corrected chi connectivity index (χ0v) is 16.8. The average Bonchev–Trinajstić information content (AvgIpc) is 3.15. The summed E-state index contributed by atoms with van der Waals surface area (Å²) in [4.78, 5) is 25.6. The first-order chi connectivity index (χ1) is 13.8. The standard InChI is InChI=1S/C19H16ClFN4O3S/c1-25(16(17(22)27)12-3-2-4-14(21)9-12)15(26)10-29-19-24-23-18(28-19)11-5-7-13(20)8-6-11/h2-9,16H,10H2,1H3,(H2,22,27). The van der Waals surface area contributed by atoms with E-state index in [9.17, 15) is 14.0 Å². The Morgan fingerprint density at radius 2 is 1.97 bits per heavy atom. The summed E-state index contributed by atoms with van der Waals surface area (Å²) in [7, 11) is 1.43. The van der Waals surface area contributed by atoms with E-state index in [0.717, 1.165) is 11.8 Å². The van der Waals surface area contributed by atoms with Crippen LogP contribution in [-0.2, 0) is 9.59 Å². The van der Waals surface area contributed by atoms with E-state index in [1.807, 2.05) is 0 Å². The molecule has 2 amide bonds. The molecule has 0 aliphatic carbocycles. The van der Waals surface area contributed by atoms with E-state index in [1.54, 1.807) is 24.3 Å². The lowest BCUT2D eigenvalue weighted by Crippen LogP contribution is -2.40. The van der Waals surface area contributed by atoms with E-state index in [1.165, 1.54) is 36.2 Å². The number of primary amides is 1. The van der Waals surface area contributed by atoms with Gasteiger partial charge in [0, 0.05) is 17.6 Å². The van der Waals surface area contributed by atoms with Crippen molar-refractivity contribution in [2.75, 3.05) is 12.8 Å². The number of thioether (sulfide) groups is 1. The maximum Gasteiger partial charge on any atom is 0.277 e. The number of amides is 2. The van der Waals surface area contributed by atoms with Gasteiger partial charge in [-0.05, 0) is 42.0 Å². The Bertz CT molecular complexity index is 1030. The molecule has 2 aromatic carbocycles. The van der Waals surface area contributed by atoms with Gasteiger partial charge in [0.15, 0.2) is 0 Å². The molecule has 0 aliphatic rings. The van der Waals surface area contributed by atoms with Crippen LogP contribution in [0.2, 0.25) is 5.02 Å². The molecular formula is C19H16ClFN4O3S. The topological polar surface area (TPSA) is 102 Å². The second-order valence-corrected chi connectivity index (χ2v) is 7.40. The molecule has 1 heterocycles. The van der Waals surface area contributed by atoms with E-state index >= 15 is 0 Å². The number of carbonyl (C=O) groups is 2. The van der Waals surface area contributed by atoms with E-state index in [0.29, 0.717) is 22.0 Å². The summed E-state index contributed by atoms with van der Waals surface area (Å²) in [5.41, 5.74) is 6.42. The van der Waals surface area contributed by atoms with Gasteiger partial charge in [0.25, 0.3) is 5.22 Å². The number of carbonyl (C=O) groups excluding carboxylic acids is 2. The number of benzene rings is 2. The normalized spacial score (nSPS) is 11.8. The summed E-state index contributed by atoms with van der Waals surface area (Å²) in [5.74, 6) is -1.48. The molecule has 7 nitrogen and oxygen atoms in total. The predicted molar refractivity (Wildman–Crippen MR) is 107 cm³/mol. The zero-order valence-electron chi connectivity index (χ0n) is 15.2. The summed E-state index contributed by atoms with van der Waals surface area (Å²) in [5, 5.41) is 8.61. The molecule has 150 valence electrons. The molecule has 0 saturated heterocycles. The molecule has 0 spiro atoms. The van der Waals surface area contributed by atoms with Crippen LogP contribution >= 0.6 is 23.4 Å². The smallest absolute Gasteiger partial charge is 0.277 e. The lowest BCUT2D eigenvalue weighted by molar-refractivity contribution is -0.136. The molecule has 1 atom stereocenters. The largest absolute Gasteiger partial charge is 0.411 e. The van der Waals surface area contributed by atoms with Crippen LogP contribution in [0.15, 0.2) is 58.2 Å². The second-order valence-electron chi connectivity index (χ2n) is 6.03. The first-order valence-corrected chi connectivity index (χ1v) is 9.74. The van der Waals surface area contributed by atoms with Crippen LogP contribution in [0.3, 0.4) is 0 Å². The molecule has 0 aliphatic heterocycles. The Labute approximate surface area is 175 Å². The molecule has 3 aromatic rings. The number of hydrogen-bond donors (Lipinski definition) is 1. The van der Waals surface area contributed by atoms with Gasteiger partial charge in [0.2, 0.25) is 17.7 Å². The third kappa shape index (κ3) is 5.12. The van der Waals surface area contributed by atoms with Crippen molar-refractivity contribution in [2.24, 2.45) is 5.73 Å². The fourth-order valence-corrected chi connectivity index (χ4v) is 3.41. The van der Waals surface area contributed by atoms with Crippen molar-refractivity contribution < 1.29 is 18.4 Å². The number of hydrogen-bond acceptors (Lipinski definition) is 6. The second kappa shape index (κ2) is 9.06. The first-order valence-electron chi connectivity index (χ1n) is 8.38. The Morgan fingerprint density at radius 3 is 2.62 bits per heavy atom. The van der Waals surface area contributed by atoms with Crippen LogP contribution in [0.4, 0.5) is 4.39 Å². The summed E-state index contributed by atoms with van der Waals surface area (Å²) in [6.45, 7) is 0. The van der Waals surface area contributed by atoms with Crippen LogP contribution in [0.5, 0.6) is 0 Å². The Hall–Kier alpha value is -2.91. The SMILES string of the molecule is CN(C(=O)CSc1nnc(-c2ccc(Cl)cc2)o1)C(C(N)=O)c1cccc(F)c1. The molecule has 10 heteroatoms. The summed E-state index contributed by atoms with van der Waals surface area (Å²) in [6, 6.07) is 11.2. The lowest BCUT2D eigenvalue weighted by atomic mass is 10.0. The van der Waals surface area contributed by atoms with E-state index < -0.39 is 23.7 Å². The fourth-order valence-electron chi connectivity index (χ4n) is 2.60. The van der Waals surface area contributed by atoms with Crippen LogP contribution in [0, 0.1) is 5.82 Å². The number of halogens is 2. The number of likely N-dealkylation sites (N-methyl/N-ethyl adjacent to an activating group) is 1. The van der Waals surface area contributed by atoms with Crippen molar-refractivity contribution in [1.82, 2.24) is 15.1 Å². The highest BCUT2D eigenvalue weighted by Crippen LogP contribution is 2.26. The highest BCUT2D eigenvalue weighted by atomic mass is 35.5. The minimum absolute atomic E-state index is 0.0716. The van der Waals surface area contributed by atoms with Crippen molar-refractivity contribution in [1.29, 1.82) is 0 Å². The maximum atomic E-state index is 13.5. The van der Waals surface area contributed by atoms with Gasteiger partial charge in [-0.3, -0.25) is 9.59 Å². The molecule has 0 fully saturated rings. The average molecular weight is 435 g/mol. The van der Waals surface area contributed by atoms with Crippen molar-refractivity contribution in [3.63, 3.8) is 0 Å². The van der Waals surface area contributed by atoms with Crippen LogP contribution in [0.25, 0.3) is 11.5 Å². The quantitative estimate of drug-likeness (QED) is 0.572. The monoisotopic (exact) mass is 434 g/mol. The molecule has 1 aromatic heterocycles. The number of nitrogens with two attached hydrogens (primary N) is 1. The van der Waals surface area contributed by atoms with E-state index in [2.05, 4.69) is 10.2 Å². The number of nitrogens with zero attached hydrogens (tertiary/aromatic N) is 3. The molecular weight excluding hydrogens is 419 g/mol. The highest BCUT2D eigenvalue weighted by molar-refractivity contribution is 7.99. The molecule has 0 saturated carbocycles. The van der Waals surface area contributed by atoms with Gasteiger partial charge in [-0.25, -0.2) is 4.39 Å². The third-order valence-corrected chi connectivity index (χ3v) is 5.09. The minimum atomic E-state index is -1.09. The molecule has 3 rings (SSSR count). The lowest BCUT2D eigenvalue weighted by Gasteiger charge is -2.25. The Morgan fingerprint density at radius 1 is 1.24 bits per heavy atom. The van der Waals surface area contributed by atoms with Gasteiger partial charge < -0.3 is 15.1 Å². The van der Waals surface area contributed by atoms with Crippen LogP contribution < -0.4 is 5.73 Å². The van der Waals surface area contributed by atoms with Gasteiger partial charge in [-0.2, -0.15) is 0 Å². The van der Waals surface area contributed by atoms with Crippen molar-refractivity contribution in [3.8, 4) is 11.5 Å². The highest BCUT2D eigenvalue weighted by Gasteiger charge is 2.27. The Kier molecular flexibility index (Phi) is 6.50. The molecule has 29 heavy (non-hydrogen) atoms. The van der Waals surface area contributed by atoms with E-state index in [-0.39, 0.29) is 11.0 Å². The van der Waals surface area contributed by atoms with Gasteiger partial charge in [0.1, 0.15) is 11.9 Å². The van der Waals surface area contributed by atoms with Gasteiger partial charge in [-0.15, -0.1) is 10.2 Å². The van der Waals surface area contributed by atoms with Gasteiger partial charge in [0.05, 0.1) is 5.75 Å². The first kappa shape index (κ1) is 20.8. The van der Waals surface area contributed by atoms with Crippen molar-refractivity contribution in [2.45, 2.75) is 11.3 Å². The molecule has 0 bridgehead atoms. The summed E-state index contributed by atoms with van der Waals surface area (Å²) >= 11 is 6.87. The van der Waals surface area contributed by atoms with Crippen LogP contribution in [-0.4, -0.2) is 39.7 Å². The molecule has 2 N–H and O–H groups in total. The summed E-state index contributed by atoms with van der Waals surface area (Å²) in [6.07, 6.45) is 0. The fraction of sp³-hybridized carbons (Fsp3) is 0.158. The maximum absolute atomic E-state index is 13.5. The molecule has 1 unspecified atom stereocenters. The Balaban J connectivity index is 1.66. The number of rotatable bonds is 7. The number of aromatic nitrogens is 2. The third-order valence-electron chi connectivity index (χ3n) is 4.03. The van der Waals surface area contributed by atoms with E-state index in [4.69, 9.17) is 21.8 Å².